The van der Waals surface area contributed by atoms with E-state index in [2.05, 4.69) is 6.07 Å². The molecule has 1 heterocycles. The molecule has 3 N–H and O–H groups in total. The van der Waals surface area contributed by atoms with Crippen molar-refractivity contribution in [1.82, 2.24) is 4.90 Å². The van der Waals surface area contributed by atoms with Gasteiger partial charge in [-0.2, -0.15) is 18.4 Å². The van der Waals surface area contributed by atoms with E-state index in [0.717, 1.165) is 42.0 Å². The first-order chi connectivity index (χ1) is 20.2. The second kappa shape index (κ2) is 13.3. The number of nitrogens with one attached hydrogen (secondary N) is 1. The van der Waals surface area contributed by atoms with Crippen LogP contribution in [0.3, 0.4) is 0 Å². The third-order valence-electron chi connectivity index (χ3n) is 7.44. The van der Waals surface area contributed by atoms with E-state index >= 15 is 0 Å². The number of guanidine groups is 1. The summed E-state index contributed by atoms with van der Waals surface area (Å²) in [6.07, 6.45) is -3.41. The highest BCUT2D eigenvalue weighted by atomic mass is 19.4. The number of hydrogen-bond donors (Lipinski definition) is 2. The van der Waals surface area contributed by atoms with Crippen molar-refractivity contribution in [1.29, 1.82) is 10.7 Å². The first-order valence-corrected chi connectivity index (χ1v) is 13.4. The lowest BCUT2D eigenvalue weighted by atomic mass is 9.87. The molecule has 43 heavy (non-hydrogen) atoms. The van der Waals surface area contributed by atoms with Crippen molar-refractivity contribution in [2.24, 2.45) is 5.73 Å². The fourth-order valence-electron chi connectivity index (χ4n) is 5.20. The van der Waals surface area contributed by atoms with Crippen LogP contribution in [-0.4, -0.2) is 75.4 Å². The number of nitrogens with two attached hydrogens (primary N) is 1. The number of nitrogens with zero attached hydrogens (tertiary/aromatic N) is 4. The van der Waals surface area contributed by atoms with E-state index in [-0.39, 0.29) is 17.0 Å². The summed E-state index contributed by atoms with van der Waals surface area (Å²) in [4.78, 5) is 28.2. The second-order valence-corrected chi connectivity index (χ2v) is 10.8. The molecule has 0 saturated carbocycles. The number of likely N-dealkylation sites (N-methyl/N-ethyl adjacent to an activating group) is 1. The number of anilines is 1. The molecular formula is C30H36F3N6O4+. The third-order valence-corrected chi connectivity index (χ3v) is 7.44. The topological polar surface area (TPSA) is 133 Å². The number of benzene rings is 2. The number of allylic oxidation sites excluding steroid dienone is 1. The Morgan fingerprint density at radius 2 is 1.84 bits per heavy atom. The van der Waals surface area contributed by atoms with Crippen LogP contribution in [0.2, 0.25) is 0 Å². The Hall–Kier alpha value is -4.41. The number of amides is 2. The molecule has 0 fully saturated rings. The van der Waals surface area contributed by atoms with Crippen molar-refractivity contribution in [2.45, 2.75) is 32.0 Å². The van der Waals surface area contributed by atoms with E-state index in [9.17, 15) is 28.0 Å². The summed E-state index contributed by atoms with van der Waals surface area (Å²) in [6.45, 7) is 3.50. The summed E-state index contributed by atoms with van der Waals surface area (Å²) in [6, 6.07) is 8.76. The highest BCUT2D eigenvalue weighted by molar-refractivity contribution is 6.10. The van der Waals surface area contributed by atoms with Gasteiger partial charge < -0.3 is 19.7 Å². The van der Waals surface area contributed by atoms with Crippen LogP contribution in [0.4, 0.5) is 23.7 Å². The Labute approximate surface area is 248 Å². The van der Waals surface area contributed by atoms with Crippen LogP contribution in [0.15, 0.2) is 53.7 Å². The van der Waals surface area contributed by atoms with Gasteiger partial charge >= 0.3 is 18.2 Å². The maximum atomic E-state index is 13.6. The predicted octanol–water partition coefficient (Wildman–Crippen LogP) is 4.56. The van der Waals surface area contributed by atoms with E-state index in [1.54, 1.807) is 19.2 Å². The zero-order valence-corrected chi connectivity index (χ0v) is 24.8. The first-order valence-electron chi connectivity index (χ1n) is 13.4. The fraction of sp³-hybridized carbons (Fsp3) is 0.400. The molecule has 13 heteroatoms. The van der Waals surface area contributed by atoms with Gasteiger partial charge in [-0.15, -0.1) is 0 Å². The van der Waals surface area contributed by atoms with E-state index in [1.165, 1.54) is 25.1 Å². The number of alkyl halides is 3. The van der Waals surface area contributed by atoms with Gasteiger partial charge in [-0.3, -0.25) is 15.2 Å². The van der Waals surface area contributed by atoms with Crippen molar-refractivity contribution in [3.63, 3.8) is 0 Å². The maximum Gasteiger partial charge on any atom is 0.416 e. The van der Waals surface area contributed by atoms with Gasteiger partial charge in [-0.25, -0.2) is 9.59 Å². The number of rotatable bonds is 10. The molecule has 0 spiro atoms. The largest absolute Gasteiger partial charge is 0.466 e. The average molecular weight is 602 g/mol. The number of urea groups is 1. The van der Waals surface area contributed by atoms with Crippen molar-refractivity contribution in [3.8, 4) is 6.07 Å². The summed E-state index contributed by atoms with van der Waals surface area (Å²) < 4.78 is 51.5. The number of quaternary nitrogens is 1. The average Bonchev–Trinajstić information content (AvgIpc) is 2.95. The van der Waals surface area contributed by atoms with Gasteiger partial charge in [0.1, 0.15) is 6.04 Å². The molecule has 0 unspecified atom stereocenters. The summed E-state index contributed by atoms with van der Waals surface area (Å²) in [5.74, 6) is -1.41. The summed E-state index contributed by atoms with van der Waals surface area (Å²) in [5, 5.41) is 18.6. The SMILES string of the molecule is COCCC[N+](C)(C)CCc1cc(C#N)ccc1[C@@H]1C(C(=O)OC)=C(C)N(c2cccc(C(F)(F)F)c2)C(=N)N1C(N)=O. The van der Waals surface area contributed by atoms with Crippen LogP contribution in [0.25, 0.3) is 0 Å². The second-order valence-electron chi connectivity index (χ2n) is 10.8. The number of methoxy groups -OCH3 is 2. The van der Waals surface area contributed by atoms with Gasteiger partial charge in [0.25, 0.3) is 0 Å². The molecular weight excluding hydrogens is 565 g/mol. The Bertz CT molecular complexity index is 1460. The molecule has 0 radical (unpaired) electrons. The minimum absolute atomic E-state index is 0.0876. The van der Waals surface area contributed by atoms with Crippen LogP contribution in [-0.2, 0) is 26.9 Å². The zero-order valence-electron chi connectivity index (χ0n) is 24.8. The highest BCUT2D eigenvalue weighted by Crippen LogP contribution is 2.42. The number of primary amides is 1. The van der Waals surface area contributed by atoms with Crippen molar-refractivity contribution < 1.29 is 36.7 Å². The van der Waals surface area contributed by atoms with Crippen LogP contribution in [0.1, 0.15) is 41.6 Å². The van der Waals surface area contributed by atoms with Gasteiger partial charge in [0.2, 0.25) is 5.96 Å². The van der Waals surface area contributed by atoms with Gasteiger partial charge in [0.05, 0.1) is 63.7 Å². The zero-order chi connectivity index (χ0) is 32.1. The van der Waals surface area contributed by atoms with Crippen LogP contribution < -0.4 is 10.6 Å². The molecule has 1 aliphatic rings. The van der Waals surface area contributed by atoms with Gasteiger partial charge in [0, 0.05) is 31.3 Å². The smallest absolute Gasteiger partial charge is 0.416 e. The molecule has 2 aromatic rings. The number of esters is 1. The van der Waals surface area contributed by atoms with Gasteiger partial charge in [-0.05, 0) is 48.4 Å². The molecule has 10 nitrogen and oxygen atoms in total. The van der Waals surface area contributed by atoms with Crippen molar-refractivity contribution >= 4 is 23.6 Å². The molecule has 0 aromatic heterocycles. The summed E-state index contributed by atoms with van der Waals surface area (Å²) in [5.41, 5.74) is 6.14. The van der Waals surface area contributed by atoms with E-state index < -0.39 is 35.7 Å². The van der Waals surface area contributed by atoms with Gasteiger partial charge in [-0.1, -0.05) is 12.1 Å². The lowest BCUT2D eigenvalue weighted by molar-refractivity contribution is -0.890. The first kappa shape index (κ1) is 33.1. The molecule has 1 aliphatic heterocycles. The van der Waals surface area contributed by atoms with Crippen LogP contribution in [0, 0.1) is 16.7 Å². The predicted molar refractivity (Wildman–Crippen MR) is 154 cm³/mol. The number of nitriles is 1. The van der Waals surface area contributed by atoms with Crippen LogP contribution >= 0.6 is 0 Å². The van der Waals surface area contributed by atoms with Gasteiger partial charge in [0.15, 0.2) is 0 Å². The molecule has 2 amide bonds. The van der Waals surface area contributed by atoms with E-state index in [1.807, 2.05) is 14.1 Å². The number of carbonyl (C=O) groups is 2. The minimum atomic E-state index is -4.67. The number of halogens is 3. The maximum absolute atomic E-state index is 13.6. The standard InChI is InChI=1S/C30H35F3N6O4/c1-19-25(27(40)43-5)26(24-11-10-20(18-34)16-21(24)12-14-39(2,3)13-7-15-42-4)38(29(36)41)28(35)37(19)23-9-6-8-22(17-23)30(31,32)33/h6,8-11,16-17,26,35H,7,12-15H2,1-5H3,(H-,36,41)/p+1/t26-/m1/s1. The van der Waals surface area contributed by atoms with E-state index in [4.69, 9.17) is 20.6 Å². The monoisotopic (exact) mass is 601 g/mol. The Kier molecular flexibility index (Phi) is 10.2. The number of hydrogen-bond acceptors (Lipinski definition) is 6. The molecule has 2 aromatic carbocycles. The van der Waals surface area contributed by atoms with Crippen molar-refractivity contribution in [2.75, 3.05) is 52.9 Å². The minimum Gasteiger partial charge on any atom is -0.466 e. The molecule has 0 bridgehead atoms. The quantitative estimate of drug-likeness (QED) is 0.233. The Balaban J connectivity index is 2.23. The lowest BCUT2D eigenvalue weighted by Crippen LogP contribution is -2.55. The highest BCUT2D eigenvalue weighted by Gasteiger charge is 2.44. The summed E-state index contributed by atoms with van der Waals surface area (Å²) in [7, 11) is 6.87. The molecule has 1 atom stereocenters. The molecule has 230 valence electrons. The number of carbonyl (C=O) groups excluding carboxylic acids is 2. The number of ether oxygens (including phenoxy) is 2. The third kappa shape index (κ3) is 7.33. The lowest BCUT2D eigenvalue weighted by Gasteiger charge is -2.43. The van der Waals surface area contributed by atoms with E-state index in [0.29, 0.717) is 40.7 Å². The van der Waals surface area contributed by atoms with Crippen molar-refractivity contribution in [3.05, 3.63) is 76.0 Å². The van der Waals surface area contributed by atoms with Crippen LogP contribution in [0.5, 0.6) is 0 Å². The summed E-state index contributed by atoms with van der Waals surface area (Å²) >= 11 is 0. The fourth-order valence-corrected chi connectivity index (χ4v) is 5.20. The molecule has 3 rings (SSSR count). The Morgan fingerprint density at radius 1 is 1.14 bits per heavy atom. The molecule has 0 aliphatic carbocycles. The molecule has 0 saturated heterocycles. The Morgan fingerprint density at radius 3 is 2.42 bits per heavy atom. The normalized spacial score (nSPS) is 15.9.